The molecule has 1 saturated heterocycles. The van der Waals surface area contributed by atoms with Crippen LogP contribution in [-0.4, -0.2) is 24.0 Å². The van der Waals surface area contributed by atoms with Crippen LogP contribution in [0.4, 0.5) is 0 Å². The molecular formula is C20H29N. The Bertz CT molecular complexity index is 505. The summed E-state index contributed by atoms with van der Waals surface area (Å²) in [6.45, 7) is 5.02. The van der Waals surface area contributed by atoms with Gasteiger partial charge in [-0.3, -0.25) is 0 Å². The molecule has 0 radical (unpaired) electrons. The lowest BCUT2D eigenvalue weighted by Gasteiger charge is -2.40. The molecule has 114 valence electrons. The third-order valence-corrected chi connectivity index (χ3v) is 6.48. The summed E-state index contributed by atoms with van der Waals surface area (Å²) in [6.07, 6.45) is 12.6. The third kappa shape index (κ3) is 2.54. The van der Waals surface area contributed by atoms with E-state index in [0.717, 1.165) is 6.04 Å². The van der Waals surface area contributed by atoms with Crippen molar-refractivity contribution in [2.24, 2.45) is 5.41 Å². The predicted octanol–water partition coefficient (Wildman–Crippen LogP) is 4.37. The van der Waals surface area contributed by atoms with E-state index in [1.165, 1.54) is 76.4 Å². The molecule has 0 N–H and O–H groups in total. The number of hydrogen-bond donors (Lipinski definition) is 0. The summed E-state index contributed by atoms with van der Waals surface area (Å²) < 4.78 is 0. The molecule has 0 amide bonds. The van der Waals surface area contributed by atoms with E-state index < -0.39 is 0 Å². The molecule has 1 saturated carbocycles. The molecule has 0 unspecified atom stereocenters. The molecule has 4 rings (SSSR count). The van der Waals surface area contributed by atoms with Crippen molar-refractivity contribution < 1.29 is 0 Å². The minimum absolute atomic E-state index is 0.630. The summed E-state index contributed by atoms with van der Waals surface area (Å²) >= 11 is 0. The first-order valence-electron chi connectivity index (χ1n) is 9.13. The number of benzene rings is 1. The maximum Gasteiger partial charge on any atom is 0.00956 e. The molecule has 1 aromatic rings. The first-order chi connectivity index (χ1) is 10.3. The molecule has 0 bridgehead atoms. The van der Waals surface area contributed by atoms with Gasteiger partial charge in [-0.15, -0.1) is 0 Å². The summed E-state index contributed by atoms with van der Waals surface area (Å²) in [5, 5.41) is 0. The van der Waals surface area contributed by atoms with Crippen molar-refractivity contribution in [3.63, 3.8) is 0 Å². The average molecular weight is 283 g/mol. The summed E-state index contributed by atoms with van der Waals surface area (Å²) in [6, 6.07) is 8.19. The van der Waals surface area contributed by atoms with Crippen LogP contribution in [0.15, 0.2) is 18.2 Å². The van der Waals surface area contributed by atoms with Gasteiger partial charge in [0.05, 0.1) is 0 Å². The number of rotatable bonds is 2. The van der Waals surface area contributed by atoms with Gasteiger partial charge in [0.25, 0.3) is 0 Å². The van der Waals surface area contributed by atoms with Crippen LogP contribution in [0.25, 0.3) is 0 Å². The van der Waals surface area contributed by atoms with Gasteiger partial charge in [-0.1, -0.05) is 25.1 Å². The molecule has 1 aliphatic heterocycles. The Kier molecular flexibility index (Phi) is 3.57. The molecule has 1 spiro atoms. The molecule has 1 nitrogen and oxygen atoms in total. The largest absolute Gasteiger partial charge is 0.300 e. The van der Waals surface area contributed by atoms with Crippen LogP contribution >= 0.6 is 0 Å². The Balaban J connectivity index is 1.44. The Morgan fingerprint density at radius 3 is 2.48 bits per heavy atom. The molecule has 1 heterocycles. The fourth-order valence-electron chi connectivity index (χ4n) is 5.15. The second kappa shape index (κ2) is 5.43. The van der Waals surface area contributed by atoms with Crippen LogP contribution in [0.2, 0.25) is 0 Å². The highest BCUT2D eigenvalue weighted by Crippen LogP contribution is 2.48. The van der Waals surface area contributed by atoms with Crippen LogP contribution in [0, 0.1) is 5.41 Å². The average Bonchev–Trinajstić information content (AvgIpc) is 3.14. The van der Waals surface area contributed by atoms with Crippen molar-refractivity contribution in [1.29, 1.82) is 0 Å². The van der Waals surface area contributed by atoms with E-state index in [1.807, 2.05) is 0 Å². The van der Waals surface area contributed by atoms with Crippen molar-refractivity contribution in [2.75, 3.05) is 13.1 Å². The minimum Gasteiger partial charge on any atom is -0.300 e. The Labute approximate surface area is 129 Å². The lowest BCUT2D eigenvalue weighted by molar-refractivity contribution is 0.109. The molecule has 3 aliphatic rings. The third-order valence-electron chi connectivity index (χ3n) is 6.48. The topological polar surface area (TPSA) is 3.24 Å². The molecular weight excluding hydrogens is 254 g/mol. The number of aryl methyl sites for hydroxylation is 1. The summed E-state index contributed by atoms with van der Waals surface area (Å²) in [5.74, 6) is 0. The highest BCUT2D eigenvalue weighted by atomic mass is 15.2. The van der Waals surface area contributed by atoms with Crippen LogP contribution in [0.5, 0.6) is 0 Å². The monoisotopic (exact) mass is 283 g/mol. The molecule has 0 aromatic heterocycles. The number of fused-ring (bicyclic) bond motifs is 1. The van der Waals surface area contributed by atoms with Gasteiger partial charge in [0.2, 0.25) is 0 Å². The highest BCUT2D eigenvalue weighted by molar-refractivity contribution is 5.38. The zero-order valence-corrected chi connectivity index (χ0v) is 13.5. The van der Waals surface area contributed by atoms with E-state index in [2.05, 4.69) is 30.0 Å². The quantitative estimate of drug-likeness (QED) is 0.779. The van der Waals surface area contributed by atoms with E-state index in [-0.39, 0.29) is 0 Å². The highest BCUT2D eigenvalue weighted by Gasteiger charge is 2.41. The van der Waals surface area contributed by atoms with Gasteiger partial charge >= 0.3 is 0 Å². The van der Waals surface area contributed by atoms with E-state index in [4.69, 9.17) is 0 Å². The minimum atomic E-state index is 0.630. The Morgan fingerprint density at radius 1 is 1.05 bits per heavy atom. The van der Waals surface area contributed by atoms with Crippen LogP contribution < -0.4 is 0 Å². The van der Waals surface area contributed by atoms with E-state index in [1.54, 1.807) is 11.1 Å². The van der Waals surface area contributed by atoms with Gasteiger partial charge in [-0.05, 0) is 93.0 Å². The van der Waals surface area contributed by atoms with Gasteiger partial charge in [0.1, 0.15) is 0 Å². The maximum atomic E-state index is 2.78. The number of likely N-dealkylation sites (tertiary alicyclic amines) is 1. The Hall–Kier alpha value is -0.820. The van der Waals surface area contributed by atoms with Gasteiger partial charge in [-0.25, -0.2) is 0 Å². The zero-order valence-electron chi connectivity index (χ0n) is 13.5. The standard InChI is InChI=1S/C20H29N/c1-2-16-5-6-17-14-20(15-18(17)13-16)9-7-19(8-10-20)21-11-3-4-12-21/h5-6,13,19H,2-4,7-12,14-15H2,1H3. The molecule has 1 heteroatoms. The zero-order chi connectivity index (χ0) is 14.3. The van der Waals surface area contributed by atoms with Crippen molar-refractivity contribution in [2.45, 2.75) is 70.8 Å². The fourth-order valence-corrected chi connectivity index (χ4v) is 5.15. The fraction of sp³-hybridized carbons (Fsp3) is 0.700. The smallest absolute Gasteiger partial charge is 0.00956 e. The number of nitrogens with zero attached hydrogens (tertiary/aromatic N) is 1. The number of hydrogen-bond acceptors (Lipinski definition) is 1. The SMILES string of the molecule is CCc1ccc2c(c1)CC1(CCC(N3CCCC3)CC1)C2. The second-order valence-corrected chi connectivity index (χ2v) is 7.78. The lowest BCUT2D eigenvalue weighted by Crippen LogP contribution is -2.39. The van der Waals surface area contributed by atoms with Gasteiger partial charge in [-0.2, -0.15) is 0 Å². The van der Waals surface area contributed by atoms with Crippen molar-refractivity contribution in [1.82, 2.24) is 4.90 Å². The van der Waals surface area contributed by atoms with Crippen LogP contribution in [-0.2, 0) is 19.3 Å². The Morgan fingerprint density at radius 2 is 1.76 bits per heavy atom. The van der Waals surface area contributed by atoms with Crippen molar-refractivity contribution in [3.05, 3.63) is 34.9 Å². The second-order valence-electron chi connectivity index (χ2n) is 7.78. The summed E-state index contributed by atoms with van der Waals surface area (Å²) in [5.41, 5.74) is 5.49. The summed E-state index contributed by atoms with van der Waals surface area (Å²) in [4.78, 5) is 2.78. The predicted molar refractivity (Wildman–Crippen MR) is 88.7 cm³/mol. The van der Waals surface area contributed by atoms with Crippen molar-refractivity contribution >= 4 is 0 Å². The van der Waals surface area contributed by atoms with Gasteiger partial charge < -0.3 is 4.90 Å². The van der Waals surface area contributed by atoms with E-state index in [0.29, 0.717) is 5.41 Å². The first kappa shape index (κ1) is 13.8. The first-order valence-corrected chi connectivity index (χ1v) is 9.13. The van der Waals surface area contributed by atoms with Crippen LogP contribution in [0.3, 0.4) is 0 Å². The van der Waals surface area contributed by atoms with E-state index in [9.17, 15) is 0 Å². The summed E-state index contributed by atoms with van der Waals surface area (Å²) in [7, 11) is 0. The van der Waals surface area contributed by atoms with E-state index >= 15 is 0 Å². The normalized spacial score (nSPS) is 32.7. The molecule has 0 atom stereocenters. The molecule has 21 heavy (non-hydrogen) atoms. The molecule has 1 aromatic carbocycles. The van der Waals surface area contributed by atoms with Gasteiger partial charge in [0, 0.05) is 6.04 Å². The molecule has 2 fully saturated rings. The van der Waals surface area contributed by atoms with Crippen LogP contribution in [0.1, 0.15) is 62.1 Å². The van der Waals surface area contributed by atoms with Gasteiger partial charge in [0.15, 0.2) is 0 Å². The maximum absolute atomic E-state index is 2.78. The molecule has 2 aliphatic carbocycles. The lowest BCUT2D eigenvalue weighted by atomic mass is 9.70. The van der Waals surface area contributed by atoms with Crippen molar-refractivity contribution in [3.8, 4) is 0 Å².